The molecule has 1 N–H and O–H groups in total. The van der Waals surface area contributed by atoms with Gasteiger partial charge in [0.15, 0.2) is 23.0 Å². The number of fused-ring (bicyclic) bond motifs is 3. The number of rotatable bonds is 6. The van der Waals surface area contributed by atoms with Crippen molar-refractivity contribution in [1.29, 1.82) is 0 Å². The fourth-order valence-corrected chi connectivity index (χ4v) is 5.58. The normalized spacial score (nSPS) is 23.6. The van der Waals surface area contributed by atoms with Crippen molar-refractivity contribution >= 4 is 5.97 Å². The van der Waals surface area contributed by atoms with Crippen molar-refractivity contribution in [2.24, 2.45) is 11.8 Å². The van der Waals surface area contributed by atoms with Crippen LogP contribution in [0.3, 0.4) is 0 Å². The van der Waals surface area contributed by atoms with Gasteiger partial charge in [0.2, 0.25) is 12.5 Å². The Hall–Kier alpha value is -3.91. The molecule has 3 aliphatic rings. The van der Waals surface area contributed by atoms with Crippen LogP contribution in [0.1, 0.15) is 34.3 Å². The molecule has 4 atom stereocenters. The number of carbonyl (C=O) groups is 1. The zero-order valence-corrected chi connectivity index (χ0v) is 19.9. The third-order valence-corrected chi connectivity index (χ3v) is 7.25. The van der Waals surface area contributed by atoms with Gasteiger partial charge in [-0.3, -0.25) is 4.79 Å². The van der Waals surface area contributed by atoms with Crippen molar-refractivity contribution in [2.45, 2.75) is 18.6 Å². The SMILES string of the molecule is COc1cc([C@@H]2c3cc4c(cc3[C@@H](OCc3ccccc3)[C@H]3COC(=O)[C@H]23)OCO4)cc(OC)c1O. The molecule has 0 unspecified atom stereocenters. The zero-order valence-electron chi connectivity index (χ0n) is 19.9. The predicted octanol–water partition coefficient (Wildman–Crippen LogP) is 4.33. The van der Waals surface area contributed by atoms with Gasteiger partial charge >= 0.3 is 5.97 Å². The summed E-state index contributed by atoms with van der Waals surface area (Å²) in [4.78, 5) is 13.2. The van der Waals surface area contributed by atoms with Gasteiger partial charge in [0.05, 0.1) is 39.5 Å². The highest BCUT2D eigenvalue weighted by molar-refractivity contribution is 5.79. The molecule has 6 rings (SSSR count). The van der Waals surface area contributed by atoms with E-state index in [0.29, 0.717) is 18.1 Å². The van der Waals surface area contributed by atoms with E-state index in [9.17, 15) is 9.90 Å². The topological polar surface area (TPSA) is 92.7 Å². The molecule has 0 bridgehead atoms. The summed E-state index contributed by atoms with van der Waals surface area (Å²) in [5.41, 5.74) is 3.60. The largest absolute Gasteiger partial charge is 0.502 e. The zero-order chi connectivity index (χ0) is 24.8. The molecule has 0 spiro atoms. The van der Waals surface area contributed by atoms with Gasteiger partial charge in [-0.25, -0.2) is 0 Å². The molecule has 3 aromatic rings. The van der Waals surface area contributed by atoms with Crippen molar-refractivity contribution in [3.8, 4) is 28.7 Å². The van der Waals surface area contributed by atoms with Crippen LogP contribution >= 0.6 is 0 Å². The summed E-state index contributed by atoms with van der Waals surface area (Å²) in [6, 6.07) is 17.3. The molecule has 1 saturated heterocycles. The minimum Gasteiger partial charge on any atom is -0.502 e. The number of carbonyl (C=O) groups excluding carboxylic acids is 1. The van der Waals surface area contributed by atoms with Crippen molar-refractivity contribution in [3.63, 3.8) is 0 Å². The fraction of sp³-hybridized carbons (Fsp3) is 0.321. The molecule has 1 aliphatic carbocycles. The first-order chi connectivity index (χ1) is 17.6. The predicted molar refractivity (Wildman–Crippen MR) is 128 cm³/mol. The summed E-state index contributed by atoms with van der Waals surface area (Å²) in [7, 11) is 2.95. The molecule has 186 valence electrons. The Morgan fingerprint density at radius 1 is 0.917 bits per heavy atom. The number of methoxy groups -OCH3 is 2. The lowest BCUT2D eigenvalue weighted by Crippen LogP contribution is -2.35. The van der Waals surface area contributed by atoms with Crippen LogP contribution in [0.15, 0.2) is 54.6 Å². The molecule has 2 heterocycles. The van der Waals surface area contributed by atoms with Gasteiger partial charge in [-0.1, -0.05) is 30.3 Å². The first-order valence-electron chi connectivity index (χ1n) is 11.8. The van der Waals surface area contributed by atoms with E-state index in [-0.39, 0.29) is 48.6 Å². The van der Waals surface area contributed by atoms with E-state index in [2.05, 4.69) is 0 Å². The fourth-order valence-electron chi connectivity index (χ4n) is 5.58. The Kier molecular flexibility index (Phi) is 5.60. The number of hydrogen-bond acceptors (Lipinski definition) is 8. The van der Waals surface area contributed by atoms with Crippen molar-refractivity contribution in [2.75, 3.05) is 27.6 Å². The summed E-state index contributed by atoms with van der Waals surface area (Å²) in [6.07, 6.45) is -0.386. The van der Waals surface area contributed by atoms with E-state index in [1.807, 2.05) is 42.5 Å². The molecule has 2 aliphatic heterocycles. The lowest BCUT2D eigenvalue weighted by Gasteiger charge is -2.39. The summed E-state index contributed by atoms with van der Waals surface area (Å²) in [6.45, 7) is 0.774. The van der Waals surface area contributed by atoms with Gasteiger partial charge in [0, 0.05) is 11.8 Å². The minimum atomic E-state index is -0.502. The number of cyclic esters (lactones) is 1. The number of aromatic hydroxyl groups is 1. The standard InChI is InChI=1S/C28H26O8/c1-31-22-8-16(9-23(32-2)26(22)29)24-17-10-20-21(36-14-35-20)11-18(17)27(19-13-34-28(30)25(19)24)33-12-15-6-4-3-5-7-15/h3-11,19,24-25,27,29H,12-14H2,1-2H3/t19-,24+,25-,27+/m0/s1. The molecular weight excluding hydrogens is 464 g/mol. The molecular formula is C28H26O8. The maximum absolute atomic E-state index is 13.2. The lowest BCUT2D eigenvalue weighted by atomic mass is 9.66. The molecule has 0 aromatic heterocycles. The maximum Gasteiger partial charge on any atom is 0.310 e. The Bertz CT molecular complexity index is 1280. The van der Waals surface area contributed by atoms with Gasteiger partial charge in [0.1, 0.15) is 0 Å². The third-order valence-electron chi connectivity index (χ3n) is 7.25. The van der Waals surface area contributed by atoms with Crippen molar-refractivity contribution < 1.29 is 38.3 Å². The van der Waals surface area contributed by atoms with E-state index in [1.54, 1.807) is 12.1 Å². The van der Waals surface area contributed by atoms with Gasteiger partial charge in [-0.05, 0) is 46.5 Å². The summed E-state index contributed by atoms with van der Waals surface area (Å²) >= 11 is 0. The molecule has 1 fully saturated rings. The third kappa shape index (κ3) is 3.60. The Labute approximate surface area is 208 Å². The van der Waals surface area contributed by atoms with Crippen LogP contribution in [0.25, 0.3) is 0 Å². The maximum atomic E-state index is 13.2. The quantitative estimate of drug-likeness (QED) is 0.511. The first kappa shape index (κ1) is 22.5. The van der Waals surface area contributed by atoms with Crippen LogP contribution in [-0.2, 0) is 20.9 Å². The van der Waals surface area contributed by atoms with Crippen LogP contribution in [0, 0.1) is 11.8 Å². The summed E-state index contributed by atoms with van der Waals surface area (Å²) in [5, 5.41) is 10.5. The minimum absolute atomic E-state index is 0.0971. The second kappa shape index (κ2) is 8.95. The summed E-state index contributed by atoms with van der Waals surface area (Å²) < 4.78 is 34.3. The number of phenolic OH excluding ortho intramolecular Hbond substituents is 1. The van der Waals surface area contributed by atoms with Crippen LogP contribution in [0.5, 0.6) is 28.7 Å². The van der Waals surface area contributed by atoms with Crippen molar-refractivity contribution in [3.05, 3.63) is 76.9 Å². The lowest BCUT2D eigenvalue weighted by molar-refractivity contribution is -0.141. The molecule has 0 radical (unpaired) electrons. The molecule has 0 amide bonds. The van der Waals surface area contributed by atoms with Crippen LogP contribution in [0.2, 0.25) is 0 Å². The highest BCUT2D eigenvalue weighted by Crippen LogP contribution is 2.56. The average molecular weight is 491 g/mol. The monoisotopic (exact) mass is 490 g/mol. The van der Waals surface area contributed by atoms with E-state index in [0.717, 1.165) is 22.3 Å². The van der Waals surface area contributed by atoms with E-state index in [4.69, 9.17) is 28.4 Å². The molecule has 0 saturated carbocycles. The van der Waals surface area contributed by atoms with E-state index < -0.39 is 11.8 Å². The van der Waals surface area contributed by atoms with Crippen LogP contribution < -0.4 is 18.9 Å². The second-order valence-electron chi connectivity index (χ2n) is 9.12. The summed E-state index contributed by atoms with van der Waals surface area (Å²) in [5.74, 6) is 0.284. The number of hydrogen-bond donors (Lipinski definition) is 1. The Morgan fingerprint density at radius 2 is 1.58 bits per heavy atom. The average Bonchev–Trinajstić information content (AvgIpc) is 3.52. The second-order valence-corrected chi connectivity index (χ2v) is 9.12. The molecule has 36 heavy (non-hydrogen) atoms. The number of phenols is 1. The van der Waals surface area contributed by atoms with Crippen LogP contribution in [0.4, 0.5) is 0 Å². The van der Waals surface area contributed by atoms with E-state index >= 15 is 0 Å². The number of esters is 1. The van der Waals surface area contributed by atoms with Gasteiger partial charge in [-0.15, -0.1) is 0 Å². The first-order valence-corrected chi connectivity index (χ1v) is 11.8. The highest BCUT2D eigenvalue weighted by atomic mass is 16.7. The number of benzene rings is 3. The molecule has 8 heteroatoms. The van der Waals surface area contributed by atoms with E-state index in [1.165, 1.54) is 14.2 Å². The van der Waals surface area contributed by atoms with Gasteiger partial charge < -0.3 is 33.5 Å². The number of ether oxygens (including phenoxy) is 6. The van der Waals surface area contributed by atoms with Gasteiger partial charge in [0.25, 0.3) is 0 Å². The van der Waals surface area contributed by atoms with Gasteiger partial charge in [-0.2, -0.15) is 0 Å². The Morgan fingerprint density at radius 3 is 2.25 bits per heavy atom. The van der Waals surface area contributed by atoms with Crippen molar-refractivity contribution in [1.82, 2.24) is 0 Å². The molecule has 8 nitrogen and oxygen atoms in total. The van der Waals surface area contributed by atoms with Crippen LogP contribution in [-0.4, -0.2) is 38.7 Å². The Balaban J connectivity index is 1.50. The smallest absolute Gasteiger partial charge is 0.310 e. The molecule has 3 aromatic carbocycles. The highest BCUT2D eigenvalue weighted by Gasteiger charge is 2.53.